The van der Waals surface area contributed by atoms with Gasteiger partial charge in [-0.1, -0.05) is 66.7 Å². The second-order valence-corrected chi connectivity index (χ2v) is 6.01. The summed E-state index contributed by atoms with van der Waals surface area (Å²) in [4.78, 5) is 17.5. The van der Waals surface area contributed by atoms with Crippen LogP contribution in [0.25, 0.3) is 0 Å². The highest BCUT2D eigenvalue weighted by molar-refractivity contribution is 6.13. The summed E-state index contributed by atoms with van der Waals surface area (Å²) in [5, 5.41) is 0. The standard InChI is InChI=1S/C22H25NO2/c1-4-6-17-22(3,21(24)25-5-2)23-20(18-13-9-7-10-14-18)19-15-11-8-12-16-19/h4,7-16H,1,5-6,17H2,2-3H3. The number of allylic oxidation sites excluding steroid dienone is 1. The first-order valence-corrected chi connectivity index (χ1v) is 8.59. The minimum atomic E-state index is -0.953. The summed E-state index contributed by atoms with van der Waals surface area (Å²) in [5.74, 6) is -0.304. The number of rotatable bonds is 8. The van der Waals surface area contributed by atoms with Gasteiger partial charge in [-0.2, -0.15) is 0 Å². The van der Waals surface area contributed by atoms with Crippen molar-refractivity contribution < 1.29 is 9.53 Å². The SMILES string of the molecule is C=CCCC(C)(N=C(c1ccccc1)c1ccccc1)C(=O)OCC. The Morgan fingerprint density at radius 3 is 2.04 bits per heavy atom. The average molecular weight is 335 g/mol. The Labute approximate surface area is 150 Å². The fraction of sp³-hybridized carbons (Fsp3) is 0.273. The maximum atomic E-state index is 12.6. The summed E-state index contributed by atoms with van der Waals surface area (Å²) in [6, 6.07) is 19.8. The number of ether oxygens (including phenoxy) is 1. The van der Waals surface area contributed by atoms with E-state index in [-0.39, 0.29) is 5.97 Å². The molecule has 0 bridgehead atoms. The molecule has 0 heterocycles. The molecule has 1 atom stereocenters. The van der Waals surface area contributed by atoms with Gasteiger partial charge in [-0.3, -0.25) is 4.99 Å². The lowest BCUT2D eigenvalue weighted by Gasteiger charge is -2.24. The molecule has 0 aliphatic heterocycles. The molecule has 25 heavy (non-hydrogen) atoms. The van der Waals surface area contributed by atoms with Crippen LogP contribution in [-0.4, -0.2) is 23.8 Å². The van der Waals surface area contributed by atoms with Crippen molar-refractivity contribution in [3.63, 3.8) is 0 Å². The summed E-state index contributed by atoms with van der Waals surface area (Å²) in [6.45, 7) is 7.75. The van der Waals surface area contributed by atoms with E-state index in [1.807, 2.05) is 74.5 Å². The Morgan fingerprint density at radius 2 is 1.60 bits per heavy atom. The number of benzene rings is 2. The van der Waals surface area contributed by atoms with E-state index in [2.05, 4.69) is 6.58 Å². The van der Waals surface area contributed by atoms with E-state index in [1.54, 1.807) is 6.08 Å². The number of hydrogen-bond donors (Lipinski definition) is 0. The quantitative estimate of drug-likeness (QED) is 0.394. The van der Waals surface area contributed by atoms with E-state index in [0.717, 1.165) is 16.8 Å². The normalized spacial score (nSPS) is 12.7. The van der Waals surface area contributed by atoms with Gasteiger partial charge in [-0.25, -0.2) is 4.79 Å². The Morgan fingerprint density at radius 1 is 1.08 bits per heavy atom. The number of aliphatic imine (C=N–C) groups is 1. The van der Waals surface area contributed by atoms with Crippen LogP contribution in [0.2, 0.25) is 0 Å². The number of nitrogens with zero attached hydrogens (tertiary/aromatic N) is 1. The zero-order valence-electron chi connectivity index (χ0n) is 14.9. The lowest BCUT2D eigenvalue weighted by molar-refractivity contribution is -0.149. The molecule has 0 aromatic heterocycles. The first-order chi connectivity index (χ1) is 12.1. The maximum absolute atomic E-state index is 12.6. The van der Waals surface area contributed by atoms with Crippen molar-refractivity contribution in [3.05, 3.63) is 84.4 Å². The molecule has 0 fully saturated rings. The molecular weight excluding hydrogens is 310 g/mol. The topological polar surface area (TPSA) is 38.7 Å². The average Bonchev–Trinajstić information content (AvgIpc) is 2.66. The van der Waals surface area contributed by atoms with Gasteiger partial charge in [0.05, 0.1) is 12.3 Å². The lowest BCUT2D eigenvalue weighted by atomic mass is 9.94. The molecule has 0 saturated carbocycles. The third-order valence-corrected chi connectivity index (χ3v) is 4.00. The molecule has 0 radical (unpaired) electrons. The Kier molecular flexibility index (Phi) is 6.70. The third-order valence-electron chi connectivity index (χ3n) is 4.00. The highest BCUT2D eigenvalue weighted by Gasteiger charge is 2.34. The van der Waals surface area contributed by atoms with Gasteiger partial charge in [0.1, 0.15) is 0 Å². The van der Waals surface area contributed by atoms with Crippen LogP contribution in [0.15, 0.2) is 78.3 Å². The summed E-state index contributed by atoms with van der Waals surface area (Å²) in [6.07, 6.45) is 3.05. The molecular formula is C22H25NO2. The highest BCUT2D eigenvalue weighted by atomic mass is 16.5. The van der Waals surface area contributed by atoms with E-state index in [0.29, 0.717) is 19.4 Å². The molecule has 2 rings (SSSR count). The second kappa shape index (κ2) is 8.97. The van der Waals surface area contributed by atoms with Crippen molar-refractivity contribution in [2.45, 2.75) is 32.2 Å². The summed E-state index contributed by atoms with van der Waals surface area (Å²) < 4.78 is 5.30. The van der Waals surface area contributed by atoms with Gasteiger partial charge in [-0.05, 0) is 26.7 Å². The fourth-order valence-corrected chi connectivity index (χ4v) is 2.61. The largest absolute Gasteiger partial charge is 0.464 e. The van der Waals surface area contributed by atoms with E-state index in [4.69, 9.17) is 9.73 Å². The molecule has 0 aliphatic carbocycles. The number of carbonyl (C=O) groups excluding carboxylic acids is 1. The maximum Gasteiger partial charge on any atom is 0.333 e. The molecule has 2 aromatic rings. The van der Waals surface area contributed by atoms with Crippen molar-refractivity contribution in [2.24, 2.45) is 4.99 Å². The van der Waals surface area contributed by atoms with Gasteiger partial charge in [0, 0.05) is 11.1 Å². The van der Waals surface area contributed by atoms with Gasteiger partial charge in [0.25, 0.3) is 0 Å². The first kappa shape index (κ1) is 18.7. The van der Waals surface area contributed by atoms with Crippen LogP contribution in [-0.2, 0) is 9.53 Å². The molecule has 130 valence electrons. The van der Waals surface area contributed by atoms with Crippen LogP contribution in [0.4, 0.5) is 0 Å². The van der Waals surface area contributed by atoms with Crippen molar-refractivity contribution in [1.29, 1.82) is 0 Å². The smallest absolute Gasteiger partial charge is 0.333 e. The Bertz CT molecular complexity index is 681. The van der Waals surface area contributed by atoms with E-state index >= 15 is 0 Å². The number of carbonyl (C=O) groups is 1. The lowest BCUT2D eigenvalue weighted by Crippen LogP contribution is -2.36. The van der Waals surface area contributed by atoms with Gasteiger partial charge < -0.3 is 4.74 Å². The summed E-state index contributed by atoms with van der Waals surface area (Å²) in [5.41, 5.74) is 1.79. The number of esters is 1. The molecule has 0 spiro atoms. The molecule has 0 aliphatic rings. The number of hydrogen-bond acceptors (Lipinski definition) is 3. The van der Waals surface area contributed by atoms with Gasteiger partial charge >= 0.3 is 5.97 Å². The van der Waals surface area contributed by atoms with Crippen LogP contribution >= 0.6 is 0 Å². The summed E-state index contributed by atoms with van der Waals surface area (Å²) >= 11 is 0. The minimum Gasteiger partial charge on any atom is -0.464 e. The minimum absolute atomic E-state index is 0.304. The highest BCUT2D eigenvalue weighted by Crippen LogP contribution is 2.24. The zero-order chi connectivity index (χ0) is 18.1. The Balaban J connectivity index is 2.55. The molecule has 1 unspecified atom stereocenters. The van der Waals surface area contributed by atoms with Crippen molar-refractivity contribution in [2.75, 3.05) is 6.61 Å². The monoisotopic (exact) mass is 335 g/mol. The van der Waals surface area contributed by atoms with Crippen LogP contribution in [0, 0.1) is 0 Å². The second-order valence-electron chi connectivity index (χ2n) is 6.01. The van der Waals surface area contributed by atoms with Gasteiger partial charge in [-0.15, -0.1) is 6.58 Å². The van der Waals surface area contributed by atoms with Crippen LogP contribution < -0.4 is 0 Å². The molecule has 2 aromatic carbocycles. The van der Waals surface area contributed by atoms with Gasteiger partial charge in [0.2, 0.25) is 0 Å². The van der Waals surface area contributed by atoms with E-state index in [1.165, 1.54) is 0 Å². The van der Waals surface area contributed by atoms with Crippen LogP contribution in [0.5, 0.6) is 0 Å². The Hall–Kier alpha value is -2.68. The molecule has 0 amide bonds. The zero-order valence-corrected chi connectivity index (χ0v) is 14.9. The molecule has 3 heteroatoms. The van der Waals surface area contributed by atoms with Crippen LogP contribution in [0.1, 0.15) is 37.8 Å². The third kappa shape index (κ3) is 4.90. The molecule has 0 saturated heterocycles. The predicted octanol–water partition coefficient (Wildman–Crippen LogP) is 4.81. The molecule has 3 nitrogen and oxygen atoms in total. The van der Waals surface area contributed by atoms with E-state index < -0.39 is 5.54 Å². The summed E-state index contributed by atoms with van der Waals surface area (Å²) in [7, 11) is 0. The molecule has 0 N–H and O–H groups in total. The fourth-order valence-electron chi connectivity index (χ4n) is 2.61. The van der Waals surface area contributed by atoms with E-state index in [9.17, 15) is 4.79 Å². The van der Waals surface area contributed by atoms with Crippen molar-refractivity contribution >= 4 is 11.7 Å². The van der Waals surface area contributed by atoms with Crippen LogP contribution in [0.3, 0.4) is 0 Å². The van der Waals surface area contributed by atoms with Crippen molar-refractivity contribution in [1.82, 2.24) is 0 Å². The first-order valence-electron chi connectivity index (χ1n) is 8.59. The predicted molar refractivity (Wildman–Crippen MR) is 103 cm³/mol. The van der Waals surface area contributed by atoms with Crippen molar-refractivity contribution in [3.8, 4) is 0 Å². The van der Waals surface area contributed by atoms with Gasteiger partial charge in [0.15, 0.2) is 5.54 Å².